The second-order valence-electron chi connectivity index (χ2n) is 4.97. The number of nitrogens with one attached hydrogen (secondary N) is 1. The molecule has 0 fully saturated rings. The van der Waals surface area contributed by atoms with E-state index in [9.17, 15) is 4.79 Å². The Bertz CT molecular complexity index is 640. The van der Waals surface area contributed by atoms with Crippen LogP contribution in [-0.2, 0) is 0 Å². The van der Waals surface area contributed by atoms with Crippen molar-refractivity contribution in [3.63, 3.8) is 0 Å². The normalized spacial score (nSPS) is 10.6. The number of aryl methyl sites for hydroxylation is 1. The molecule has 2 rings (SSSR count). The number of nitrogens with zero attached hydrogens (tertiary/aromatic N) is 3. The summed E-state index contributed by atoms with van der Waals surface area (Å²) in [5.74, 6) is 2.08. The maximum atomic E-state index is 12.4. The quantitative estimate of drug-likeness (QED) is 0.593. The molecule has 0 spiro atoms. The molecule has 1 heterocycles. The predicted molar refractivity (Wildman–Crippen MR) is 91.7 cm³/mol. The number of thioether (sulfide) groups is 1. The number of aromatic nitrogens is 3. The van der Waals surface area contributed by atoms with Gasteiger partial charge in [-0.25, -0.2) is 4.68 Å². The third-order valence-electron chi connectivity index (χ3n) is 3.17. The summed E-state index contributed by atoms with van der Waals surface area (Å²) in [5.41, 5.74) is 3.39. The third-order valence-corrected chi connectivity index (χ3v) is 3.98. The number of unbranched alkanes of at least 4 members (excludes halogenated alkanes) is 1. The van der Waals surface area contributed by atoms with Gasteiger partial charge in [0.1, 0.15) is 11.6 Å². The minimum absolute atomic E-state index is 0.203. The Morgan fingerprint density at radius 2 is 2.00 bits per heavy atom. The molecule has 124 valence electrons. The summed E-state index contributed by atoms with van der Waals surface area (Å²) in [6.07, 6.45) is 2.11. The van der Waals surface area contributed by atoms with Crippen LogP contribution >= 0.6 is 11.8 Å². The molecular weight excluding hydrogens is 312 g/mol. The van der Waals surface area contributed by atoms with Crippen molar-refractivity contribution in [3.8, 4) is 5.75 Å². The van der Waals surface area contributed by atoms with E-state index in [1.54, 1.807) is 23.7 Å². The molecule has 0 saturated heterocycles. The molecular formula is C16H22N4O2S. The van der Waals surface area contributed by atoms with Gasteiger partial charge in [-0.2, -0.15) is 0 Å². The van der Waals surface area contributed by atoms with Crippen LogP contribution in [0.25, 0.3) is 0 Å². The third kappa shape index (κ3) is 4.72. The second kappa shape index (κ2) is 8.57. The number of amides is 1. The van der Waals surface area contributed by atoms with Crippen LogP contribution in [0.5, 0.6) is 5.75 Å². The van der Waals surface area contributed by atoms with E-state index in [1.165, 1.54) is 11.8 Å². The Balaban J connectivity index is 2.02. The number of benzene rings is 1. The first kappa shape index (κ1) is 17.3. The highest BCUT2D eigenvalue weighted by molar-refractivity contribution is 7.99. The number of carbonyl (C=O) groups excluding carboxylic acids is 1. The van der Waals surface area contributed by atoms with E-state index in [1.807, 2.05) is 19.1 Å². The fourth-order valence-corrected chi connectivity index (χ4v) is 2.56. The molecule has 1 aromatic heterocycles. The largest absolute Gasteiger partial charge is 0.494 e. The molecule has 0 atom stereocenters. The van der Waals surface area contributed by atoms with Gasteiger partial charge in [0.05, 0.1) is 6.61 Å². The first-order valence-corrected chi connectivity index (χ1v) is 8.73. The van der Waals surface area contributed by atoms with Crippen molar-refractivity contribution in [1.82, 2.24) is 14.9 Å². The fraction of sp³-hybridized carbons (Fsp3) is 0.438. The lowest BCUT2D eigenvalue weighted by molar-refractivity contribution is 0.100. The van der Waals surface area contributed by atoms with Gasteiger partial charge in [0.15, 0.2) is 0 Å². The zero-order valence-electron chi connectivity index (χ0n) is 13.7. The molecule has 23 heavy (non-hydrogen) atoms. The number of carbonyl (C=O) groups is 1. The highest BCUT2D eigenvalue weighted by Crippen LogP contribution is 2.16. The van der Waals surface area contributed by atoms with Crippen LogP contribution in [-0.4, -0.2) is 33.1 Å². The number of hydrogen-bond acceptors (Lipinski definition) is 5. The summed E-state index contributed by atoms with van der Waals surface area (Å²) >= 11 is 1.53. The summed E-state index contributed by atoms with van der Waals surface area (Å²) < 4.78 is 7.21. The van der Waals surface area contributed by atoms with Crippen molar-refractivity contribution >= 4 is 17.7 Å². The van der Waals surface area contributed by atoms with E-state index >= 15 is 0 Å². The summed E-state index contributed by atoms with van der Waals surface area (Å²) in [4.78, 5) is 12.4. The molecule has 7 heteroatoms. The SMILES string of the molecule is CCCCOc1ccc(C(=O)Nn2c(C)nnc2SCC)cc1. The first-order chi connectivity index (χ1) is 11.2. The molecule has 0 radical (unpaired) electrons. The lowest BCUT2D eigenvalue weighted by atomic mass is 10.2. The molecule has 0 saturated carbocycles. The molecule has 0 aliphatic carbocycles. The van der Waals surface area contributed by atoms with E-state index in [4.69, 9.17) is 4.74 Å². The Labute approximate surface area is 140 Å². The van der Waals surface area contributed by atoms with Crippen LogP contribution < -0.4 is 10.2 Å². The van der Waals surface area contributed by atoms with Gasteiger partial charge in [0.2, 0.25) is 5.16 Å². The van der Waals surface area contributed by atoms with Crippen molar-refractivity contribution in [2.75, 3.05) is 17.8 Å². The minimum Gasteiger partial charge on any atom is -0.494 e. The first-order valence-electron chi connectivity index (χ1n) is 7.74. The van der Waals surface area contributed by atoms with Crippen molar-refractivity contribution in [2.45, 2.75) is 38.8 Å². The van der Waals surface area contributed by atoms with Crippen LogP contribution in [0.4, 0.5) is 0 Å². The van der Waals surface area contributed by atoms with Crippen molar-refractivity contribution in [2.24, 2.45) is 0 Å². The molecule has 2 aromatic rings. The highest BCUT2D eigenvalue weighted by atomic mass is 32.2. The number of ether oxygens (including phenoxy) is 1. The maximum absolute atomic E-state index is 12.4. The second-order valence-corrected chi connectivity index (χ2v) is 6.20. The standard InChI is InChI=1S/C16H22N4O2S/c1-4-6-11-22-14-9-7-13(8-10-14)15(21)19-20-12(3)17-18-16(20)23-5-2/h7-10H,4-6,11H2,1-3H3,(H,19,21). The van der Waals surface area contributed by atoms with Crippen molar-refractivity contribution < 1.29 is 9.53 Å². The molecule has 6 nitrogen and oxygen atoms in total. The molecule has 0 aliphatic rings. The van der Waals surface area contributed by atoms with Gasteiger partial charge in [-0.1, -0.05) is 32.0 Å². The maximum Gasteiger partial charge on any atom is 0.270 e. The summed E-state index contributed by atoms with van der Waals surface area (Å²) in [6, 6.07) is 7.13. The topological polar surface area (TPSA) is 69.0 Å². The van der Waals surface area contributed by atoms with Crippen LogP contribution in [0.15, 0.2) is 29.4 Å². The lowest BCUT2D eigenvalue weighted by Gasteiger charge is -2.10. The Kier molecular flexibility index (Phi) is 6.46. The molecule has 0 unspecified atom stereocenters. The smallest absolute Gasteiger partial charge is 0.270 e. The molecule has 0 bridgehead atoms. The zero-order chi connectivity index (χ0) is 16.7. The van der Waals surface area contributed by atoms with Gasteiger partial charge >= 0.3 is 0 Å². The molecule has 1 amide bonds. The summed E-state index contributed by atoms with van der Waals surface area (Å²) in [6.45, 7) is 6.64. The fourth-order valence-electron chi connectivity index (χ4n) is 1.90. The summed E-state index contributed by atoms with van der Waals surface area (Å²) in [5, 5.41) is 8.72. The Hall–Kier alpha value is -2.02. The van der Waals surface area contributed by atoms with Crippen LogP contribution in [0, 0.1) is 6.92 Å². The van der Waals surface area contributed by atoms with Gasteiger partial charge in [0, 0.05) is 5.56 Å². The summed E-state index contributed by atoms with van der Waals surface area (Å²) in [7, 11) is 0. The molecule has 1 N–H and O–H groups in total. The average Bonchev–Trinajstić information content (AvgIpc) is 2.89. The van der Waals surface area contributed by atoms with E-state index in [0.29, 0.717) is 23.2 Å². The van der Waals surface area contributed by atoms with Gasteiger partial charge in [-0.3, -0.25) is 10.2 Å². The zero-order valence-corrected chi connectivity index (χ0v) is 14.5. The van der Waals surface area contributed by atoms with Gasteiger partial charge in [-0.15, -0.1) is 10.2 Å². The van der Waals surface area contributed by atoms with E-state index in [-0.39, 0.29) is 5.91 Å². The van der Waals surface area contributed by atoms with Gasteiger partial charge in [0.25, 0.3) is 5.91 Å². The number of hydrogen-bond donors (Lipinski definition) is 1. The average molecular weight is 334 g/mol. The predicted octanol–water partition coefficient (Wildman–Crippen LogP) is 3.26. The number of rotatable bonds is 8. The minimum atomic E-state index is -0.203. The van der Waals surface area contributed by atoms with E-state index in [0.717, 1.165) is 24.3 Å². The Morgan fingerprint density at radius 1 is 1.26 bits per heavy atom. The van der Waals surface area contributed by atoms with Crippen LogP contribution in [0.2, 0.25) is 0 Å². The Morgan fingerprint density at radius 3 is 2.65 bits per heavy atom. The van der Waals surface area contributed by atoms with Crippen molar-refractivity contribution in [3.05, 3.63) is 35.7 Å². The van der Waals surface area contributed by atoms with Gasteiger partial charge < -0.3 is 4.74 Å². The van der Waals surface area contributed by atoms with E-state index in [2.05, 4.69) is 22.5 Å². The van der Waals surface area contributed by atoms with Crippen LogP contribution in [0.3, 0.4) is 0 Å². The molecule has 0 aliphatic heterocycles. The lowest BCUT2D eigenvalue weighted by Crippen LogP contribution is -2.24. The highest BCUT2D eigenvalue weighted by Gasteiger charge is 2.13. The van der Waals surface area contributed by atoms with Gasteiger partial charge in [-0.05, 0) is 43.4 Å². The molecule has 1 aromatic carbocycles. The van der Waals surface area contributed by atoms with Crippen LogP contribution in [0.1, 0.15) is 42.9 Å². The van der Waals surface area contributed by atoms with E-state index < -0.39 is 0 Å². The van der Waals surface area contributed by atoms with Crippen molar-refractivity contribution in [1.29, 1.82) is 0 Å². The monoisotopic (exact) mass is 334 g/mol.